The van der Waals surface area contributed by atoms with E-state index in [4.69, 9.17) is 25.8 Å². The largest absolute Gasteiger partial charge is 0.484 e. The topological polar surface area (TPSA) is 71.5 Å². The van der Waals surface area contributed by atoms with E-state index in [0.29, 0.717) is 37.1 Å². The maximum Gasteiger partial charge on any atom is 0.410 e. The Labute approximate surface area is 174 Å². The van der Waals surface area contributed by atoms with Crippen LogP contribution in [0.5, 0.6) is 11.5 Å². The van der Waals surface area contributed by atoms with Gasteiger partial charge in [0.05, 0.1) is 17.7 Å². The predicted octanol–water partition coefficient (Wildman–Crippen LogP) is 2.53. The molecule has 1 amide bonds. The summed E-state index contributed by atoms with van der Waals surface area (Å²) in [6.45, 7) is 3.81. The highest BCUT2D eigenvalue weighted by atomic mass is 35.5. The molecule has 9 heteroatoms. The number of nitrogens with zero attached hydrogens (tertiary/aromatic N) is 2. The van der Waals surface area contributed by atoms with Crippen molar-refractivity contribution in [2.75, 3.05) is 46.0 Å². The lowest BCUT2D eigenvalue weighted by Crippen LogP contribution is -2.44. The molecule has 4 rings (SSSR count). The molecule has 0 aromatic heterocycles. The Hall–Kier alpha value is -1.77. The minimum absolute atomic E-state index is 0.0636. The highest BCUT2D eigenvalue weighted by Crippen LogP contribution is 2.39. The number of aliphatic hydroxyl groups excluding tert-OH is 1. The first-order valence-corrected chi connectivity index (χ1v) is 10.5. The Morgan fingerprint density at radius 2 is 2.00 bits per heavy atom. The van der Waals surface area contributed by atoms with Gasteiger partial charge in [-0.2, -0.15) is 0 Å². The molecule has 1 aromatic carbocycles. The second-order valence-corrected chi connectivity index (χ2v) is 8.31. The van der Waals surface area contributed by atoms with Crippen LogP contribution in [0, 0.1) is 11.7 Å². The average molecular weight is 429 g/mol. The van der Waals surface area contributed by atoms with E-state index in [1.165, 1.54) is 12.1 Å². The van der Waals surface area contributed by atoms with Crippen molar-refractivity contribution in [1.82, 2.24) is 9.80 Å². The number of hydrogen-bond acceptors (Lipinski definition) is 6. The third-order valence-corrected chi connectivity index (χ3v) is 6.19. The van der Waals surface area contributed by atoms with E-state index < -0.39 is 5.82 Å². The maximum absolute atomic E-state index is 13.6. The van der Waals surface area contributed by atoms with Crippen molar-refractivity contribution in [2.24, 2.45) is 5.92 Å². The molecule has 2 atom stereocenters. The number of likely N-dealkylation sites (tertiary alicyclic amines) is 1. The van der Waals surface area contributed by atoms with E-state index in [1.807, 2.05) is 0 Å². The van der Waals surface area contributed by atoms with Crippen LogP contribution in [0.25, 0.3) is 0 Å². The first kappa shape index (κ1) is 20.5. The number of halogens is 2. The van der Waals surface area contributed by atoms with Crippen LogP contribution in [0.15, 0.2) is 12.1 Å². The summed E-state index contributed by atoms with van der Waals surface area (Å²) in [7, 11) is 0. The van der Waals surface area contributed by atoms with E-state index in [2.05, 4.69) is 4.90 Å². The Morgan fingerprint density at radius 3 is 2.76 bits per heavy atom. The second kappa shape index (κ2) is 8.93. The van der Waals surface area contributed by atoms with Gasteiger partial charge in [-0.25, -0.2) is 9.18 Å². The number of amides is 1. The molecule has 0 radical (unpaired) electrons. The summed E-state index contributed by atoms with van der Waals surface area (Å²) in [6.07, 6.45) is 2.50. The summed E-state index contributed by atoms with van der Waals surface area (Å²) in [6, 6.07) is 2.31. The zero-order valence-electron chi connectivity index (χ0n) is 16.2. The third-order valence-electron chi connectivity index (χ3n) is 5.91. The first-order valence-electron chi connectivity index (χ1n) is 10.1. The second-order valence-electron chi connectivity index (χ2n) is 7.91. The van der Waals surface area contributed by atoms with Gasteiger partial charge in [0, 0.05) is 19.2 Å². The number of hydrogen-bond donors (Lipinski definition) is 1. The number of carbonyl (C=O) groups is 1. The minimum atomic E-state index is -0.441. The van der Waals surface area contributed by atoms with E-state index in [1.54, 1.807) is 4.90 Å². The summed E-state index contributed by atoms with van der Waals surface area (Å²) in [5, 5.41) is 9.57. The van der Waals surface area contributed by atoms with Crippen LogP contribution in [-0.4, -0.2) is 79.1 Å². The van der Waals surface area contributed by atoms with E-state index >= 15 is 0 Å². The predicted molar refractivity (Wildman–Crippen MR) is 104 cm³/mol. The molecule has 3 aliphatic heterocycles. The zero-order chi connectivity index (χ0) is 20.4. The molecule has 0 saturated carbocycles. The third kappa shape index (κ3) is 4.70. The van der Waals surface area contributed by atoms with Crippen molar-refractivity contribution in [2.45, 2.75) is 31.4 Å². The molecule has 3 aliphatic rings. The number of ether oxygens (including phenoxy) is 3. The van der Waals surface area contributed by atoms with Gasteiger partial charge in [0.2, 0.25) is 0 Å². The van der Waals surface area contributed by atoms with Gasteiger partial charge in [0.25, 0.3) is 0 Å². The SMILES string of the molecule is O=C1OC[C@@H](CO)N1CCC1CCN(C[C@H]2COc3c(Cl)cc(F)cc3O2)CC1. The standard InChI is InChI=1S/C20H26ClFN2O5/c21-17-7-14(22)8-18-19(17)27-12-16(29-18)9-23-4-1-13(2-5-23)3-6-24-15(10-25)11-28-20(24)26/h7-8,13,15-16,25H,1-6,9-12H2/t15-,16+/m1/s1. The van der Waals surface area contributed by atoms with Crippen LogP contribution in [0.4, 0.5) is 9.18 Å². The van der Waals surface area contributed by atoms with Crippen LogP contribution in [0.2, 0.25) is 5.02 Å². The minimum Gasteiger partial charge on any atom is -0.484 e. The maximum atomic E-state index is 13.6. The summed E-state index contributed by atoms with van der Waals surface area (Å²) in [5.41, 5.74) is 0. The van der Waals surface area contributed by atoms with Crippen molar-refractivity contribution < 1.29 is 28.5 Å². The van der Waals surface area contributed by atoms with Gasteiger partial charge in [-0.05, 0) is 44.3 Å². The number of benzene rings is 1. The summed E-state index contributed by atoms with van der Waals surface area (Å²) >= 11 is 6.01. The summed E-state index contributed by atoms with van der Waals surface area (Å²) in [5.74, 6) is 0.863. The number of cyclic esters (lactones) is 1. The molecule has 2 fully saturated rings. The smallest absolute Gasteiger partial charge is 0.410 e. The van der Waals surface area contributed by atoms with Gasteiger partial charge < -0.3 is 19.3 Å². The number of carbonyl (C=O) groups excluding carboxylic acids is 1. The number of aliphatic hydroxyl groups is 1. The molecule has 29 heavy (non-hydrogen) atoms. The van der Waals surface area contributed by atoms with Crippen LogP contribution in [0.1, 0.15) is 19.3 Å². The summed E-state index contributed by atoms with van der Waals surface area (Å²) in [4.78, 5) is 15.7. The van der Waals surface area contributed by atoms with Crippen LogP contribution >= 0.6 is 11.6 Å². The van der Waals surface area contributed by atoms with Gasteiger partial charge in [0.1, 0.15) is 25.1 Å². The molecule has 7 nitrogen and oxygen atoms in total. The Kier molecular flexibility index (Phi) is 6.32. The molecular weight excluding hydrogens is 403 g/mol. The normalized spacial score (nSPS) is 25.3. The van der Waals surface area contributed by atoms with E-state index in [9.17, 15) is 14.3 Å². The molecule has 0 spiro atoms. The molecule has 3 heterocycles. The highest BCUT2D eigenvalue weighted by Gasteiger charge is 2.33. The van der Waals surface area contributed by atoms with Crippen molar-refractivity contribution in [3.63, 3.8) is 0 Å². The number of rotatable bonds is 6. The average Bonchev–Trinajstić information content (AvgIpc) is 3.06. The Bertz CT molecular complexity index is 744. The molecule has 0 aliphatic carbocycles. The fourth-order valence-electron chi connectivity index (χ4n) is 4.23. The monoisotopic (exact) mass is 428 g/mol. The van der Waals surface area contributed by atoms with Gasteiger partial charge in [0.15, 0.2) is 11.5 Å². The van der Waals surface area contributed by atoms with Crippen LogP contribution in [0.3, 0.4) is 0 Å². The fraction of sp³-hybridized carbons (Fsp3) is 0.650. The van der Waals surface area contributed by atoms with Crippen molar-refractivity contribution in [3.8, 4) is 11.5 Å². The quantitative estimate of drug-likeness (QED) is 0.750. The number of piperidine rings is 1. The lowest BCUT2D eigenvalue weighted by Gasteiger charge is -2.36. The van der Waals surface area contributed by atoms with Crippen LogP contribution in [-0.2, 0) is 4.74 Å². The molecule has 1 N–H and O–H groups in total. The van der Waals surface area contributed by atoms with Crippen molar-refractivity contribution in [1.29, 1.82) is 0 Å². The summed E-state index contributed by atoms with van der Waals surface area (Å²) < 4.78 is 30.2. The lowest BCUT2D eigenvalue weighted by molar-refractivity contribution is 0.0461. The van der Waals surface area contributed by atoms with E-state index in [0.717, 1.165) is 32.4 Å². The molecule has 1 aromatic rings. The number of fused-ring (bicyclic) bond motifs is 1. The van der Waals surface area contributed by atoms with Gasteiger partial charge in [-0.15, -0.1) is 0 Å². The molecule has 0 bridgehead atoms. The van der Waals surface area contributed by atoms with Gasteiger partial charge in [-0.1, -0.05) is 11.6 Å². The molecule has 160 valence electrons. The van der Waals surface area contributed by atoms with Crippen molar-refractivity contribution in [3.05, 3.63) is 23.0 Å². The van der Waals surface area contributed by atoms with Crippen LogP contribution < -0.4 is 9.47 Å². The Morgan fingerprint density at radius 1 is 1.21 bits per heavy atom. The molecule has 0 unspecified atom stereocenters. The van der Waals surface area contributed by atoms with Gasteiger partial charge >= 0.3 is 6.09 Å². The zero-order valence-corrected chi connectivity index (χ0v) is 16.9. The van der Waals surface area contributed by atoms with Crippen molar-refractivity contribution >= 4 is 17.7 Å². The first-order chi connectivity index (χ1) is 14.0. The molecule has 2 saturated heterocycles. The Balaban J connectivity index is 1.22. The highest BCUT2D eigenvalue weighted by molar-refractivity contribution is 6.32. The van der Waals surface area contributed by atoms with Gasteiger partial charge in [-0.3, -0.25) is 9.80 Å². The fourth-order valence-corrected chi connectivity index (χ4v) is 4.48. The molecular formula is C20H26ClFN2O5. The van der Waals surface area contributed by atoms with E-state index in [-0.39, 0.29) is 36.5 Å². The lowest BCUT2D eigenvalue weighted by atomic mass is 9.93.